The number of rotatable bonds is 5. The maximum absolute atomic E-state index is 13.9. The summed E-state index contributed by atoms with van der Waals surface area (Å²) < 4.78 is 13.9. The molecule has 1 atom stereocenters. The summed E-state index contributed by atoms with van der Waals surface area (Å²) in [5.41, 5.74) is 0.468. The van der Waals surface area contributed by atoms with E-state index in [0.717, 1.165) is 42.9 Å². The number of benzene rings is 2. The zero-order valence-corrected chi connectivity index (χ0v) is 17.4. The number of carbonyl (C=O) groups is 3. The molecule has 0 saturated carbocycles. The van der Waals surface area contributed by atoms with Crippen molar-refractivity contribution in [1.82, 2.24) is 10.2 Å². The third kappa shape index (κ3) is 4.10. The predicted molar refractivity (Wildman–Crippen MR) is 115 cm³/mol. The lowest BCUT2D eigenvalue weighted by Crippen LogP contribution is -2.42. The molecule has 2 aromatic rings. The molecule has 2 saturated heterocycles. The first-order valence-electron chi connectivity index (χ1n) is 10.4. The number of hydrogen-bond donors (Lipinski definition) is 2. The Balaban J connectivity index is 1.50. The molecule has 31 heavy (non-hydrogen) atoms. The van der Waals surface area contributed by atoms with Gasteiger partial charge in [-0.2, -0.15) is 0 Å². The third-order valence-electron chi connectivity index (χ3n) is 5.86. The van der Waals surface area contributed by atoms with Crippen LogP contribution in [0.1, 0.15) is 31.7 Å². The van der Waals surface area contributed by atoms with E-state index in [1.165, 1.54) is 12.1 Å². The first-order valence-corrected chi connectivity index (χ1v) is 10.4. The van der Waals surface area contributed by atoms with Crippen molar-refractivity contribution in [1.29, 1.82) is 0 Å². The fourth-order valence-corrected chi connectivity index (χ4v) is 4.16. The number of halogens is 1. The van der Waals surface area contributed by atoms with Gasteiger partial charge in [-0.15, -0.1) is 0 Å². The molecule has 0 aliphatic carbocycles. The van der Waals surface area contributed by atoms with Crippen LogP contribution in [0.5, 0.6) is 0 Å². The number of carbonyl (C=O) groups excluding carboxylic acids is 3. The summed E-state index contributed by atoms with van der Waals surface area (Å²) in [5.74, 6) is -1.54. The maximum Gasteiger partial charge on any atom is 0.325 e. The molecule has 2 N–H and O–H groups in total. The highest BCUT2D eigenvalue weighted by molar-refractivity contribution is 6.10. The smallest absolute Gasteiger partial charge is 0.325 e. The molecule has 7 nitrogen and oxygen atoms in total. The number of hydrogen-bond acceptors (Lipinski definition) is 4. The van der Waals surface area contributed by atoms with Gasteiger partial charge in [0.05, 0.1) is 11.4 Å². The van der Waals surface area contributed by atoms with Crippen molar-refractivity contribution in [2.75, 3.05) is 29.9 Å². The maximum atomic E-state index is 13.9. The second-order valence-electron chi connectivity index (χ2n) is 8.07. The van der Waals surface area contributed by atoms with Crippen LogP contribution < -0.4 is 15.5 Å². The minimum atomic E-state index is -1.24. The molecule has 2 aliphatic heterocycles. The molecule has 0 bridgehead atoms. The summed E-state index contributed by atoms with van der Waals surface area (Å²) in [7, 11) is 0. The highest BCUT2D eigenvalue weighted by atomic mass is 19.1. The van der Waals surface area contributed by atoms with Crippen molar-refractivity contribution in [3.63, 3.8) is 0 Å². The van der Waals surface area contributed by atoms with Crippen LogP contribution in [-0.4, -0.2) is 42.4 Å². The topological polar surface area (TPSA) is 81.8 Å². The number of piperidine rings is 1. The predicted octanol–water partition coefficient (Wildman–Crippen LogP) is 3.22. The van der Waals surface area contributed by atoms with E-state index in [-0.39, 0.29) is 0 Å². The molecule has 2 aromatic carbocycles. The van der Waals surface area contributed by atoms with E-state index in [0.29, 0.717) is 11.3 Å². The van der Waals surface area contributed by atoms with E-state index in [4.69, 9.17) is 0 Å². The lowest BCUT2D eigenvalue weighted by atomic mass is 9.92. The number of amides is 4. The zero-order valence-electron chi connectivity index (χ0n) is 17.4. The third-order valence-corrected chi connectivity index (χ3v) is 5.86. The number of nitrogens with zero attached hydrogens (tertiary/aromatic N) is 2. The molecule has 0 aromatic heterocycles. The van der Waals surface area contributed by atoms with Crippen LogP contribution >= 0.6 is 0 Å². The Bertz CT molecular complexity index is 1010. The molecule has 8 heteroatoms. The van der Waals surface area contributed by atoms with Gasteiger partial charge in [0.15, 0.2) is 0 Å². The van der Waals surface area contributed by atoms with Crippen molar-refractivity contribution >= 4 is 29.2 Å². The SMILES string of the molecule is CC1(c2ccccc2)NC(=O)N(CC(=O)Nc2cc(F)ccc2N2CCCCC2)C1=O. The fraction of sp³-hybridized carbons (Fsp3) is 0.348. The largest absolute Gasteiger partial charge is 0.370 e. The monoisotopic (exact) mass is 424 g/mol. The van der Waals surface area contributed by atoms with Gasteiger partial charge in [0, 0.05) is 13.1 Å². The van der Waals surface area contributed by atoms with E-state index >= 15 is 0 Å². The van der Waals surface area contributed by atoms with Crippen LogP contribution in [0.2, 0.25) is 0 Å². The molecule has 2 heterocycles. The highest BCUT2D eigenvalue weighted by Crippen LogP contribution is 2.31. The van der Waals surface area contributed by atoms with Crippen molar-refractivity contribution in [3.8, 4) is 0 Å². The number of nitrogens with one attached hydrogen (secondary N) is 2. The van der Waals surface area contributed by atoms with Crippen LogP contribution in [-0.2, 0) is 15.1 Å². The molecule has 1 unspecified atom stereocenters. The fourth-order valence-electron chi connectivity index (χ4n) is 4.16. The van der Waals surface area contributed by atoms with Crippen molar-refractivity contribution in [2.24, 2.45) is 0 Å². The van der Waals surface area contributed by atoms with Crippen LogP contribution in [0.3, 0.4) is 0 Å². The van der Waals surface area contributed by atoms with Crippen molar-refractivity contribution in [2.45, 2.75) is 31.7 Å². The Labute approximate surface area is 180 Å². The Morgan fingerprint density at radius 1 is 1.10 bits per heavy atom. The average molecular weight is 424 g/mol. The average Bonchev–Trinajstić information content (AvgIpc) is 2.99. The van der Waals surface area contributed by atoms with Crippen LogP contribution in [0.15, 0.2) is 48.5 Å². The number of imide groups is 1. The summed E-state index contributed by atoms with van der Waals surface area (Å²) in [5, 5.41) is 5.37. The minimum Gasteiger partial charge on any atom is -0.370 e. The van der Waals surface area contributed by atoms with Crippen molar-refractivity contribution in [3.05, 3.63) is 59.9 Å². The second-order valence-corrected chi connectivity index (χ2v) is 8.07. The Kier molecular flexibility index (Phi) is 5.63. The van der Waals surface area contributed by atoms with Gasteiger partial charge < -0.3 is 15.5 Å². The standard InChI is InChI=1S/C23H25FN4O3/c1-23(16-8-4-2-5-9-16)21(30)28(22(31)26-23)15-20(29)25-18-14-17(24)10-11-19(18)27-12-6-3-7-13-27/h2,4-5,8-11,14H,3,6-7,12-13,15H2,1H3,(H,25,29)(H,26,31). The normalized spacial score (nSPS) is 21.2. The molecule has 0 radical (unpaired) electrons. The van der Waals surface area contributed by atoms with Gasteiger partial charge in [-0.05, 0) is 49.9 Å². The minimum absolute atomic E-state index is 0.338. The van der Waals surface area contributed by atoms with Crippen LogP contribution in [0.4, 0.5) is 20.6 Å². The first kappa shape index (κ1) is 20.8. The Morgan fingerprint density at radius 3 is 2.52 bits per heavy atom. The highest BCUT2D eigenvalue weighted by Gasteiger charge is 2.49. The number of anilines is 2. The number of urea groups is 1. The van der Waals surface area contributed by atoms with Gasteiger partial charge in [0.2, 0.25) is 5.91 Å². The second kappa shape index (κ2) is 8.37. The molecule has 162 valence electrons. The summed E-state index contributed by atoms with van der Waals surface area (Å²) in [6, 6.07) is 12.5. The zero-order chi connectivity index (χ0) is 22.0. The van der Waals surface area contributed by atoms with Gasteiger partial charge in [0.1, 0.15) is 17.9 Å². The van der Waals surface area contributed by atoms with E-state index in [1.807, 2.05) is 6.07 Å². The van der Waals surface area contributed by atoms with E-state index in [2.05, 4.69) is 15.5 Å². The molecular weight excluding hydrogens is 399 g/mol. The summed E-state index contributed by atoms with van der Waals surface area (Å²) in [6.45, 7) is 2.82. The van der Waals surface area contributed by atoms with E-state index < -0.39 is 35.7 Å². The Hall–Kier alpha value is -3.42. The van der Waals surface area contributed by atoms with Gasteiger partial charge >= 0.3 is 6.03 Å². The lowest BCUT2D eigenvalue weighted by molar-refractivity contribution is -0.133. The lowest BCUT2D eigenvalue weighted by Gasteiger charge is -2.30. The molecule has 2 fully saturated rings. The molecule has 0 spiro atoms. The summed E-state index contributed by atoms with van der Waals surface area (Å²) >= 11 is 0. The molecule has 4 rings (SSSR count). The Morgan fingerprint density at radius 2 is 1.81 bits per heavy atom. The van der Waals surface area contributed by atoms with Gasteiger partial charge in [-0.25, -0.2) is 9.18 Å². The van der Waals surface area contributed by atoms with Crippen molar-refractivity contribution < 1.29 is 18.8 Å². The van der Waals surface area contributed by atoms with Crippen LogP contribution in [0, 0.1) is 5.82 Å². The quantitative estimate of drug-likeness (QED) is 0.722. The molecular formula is C23H25FN4O3. The molecule has 2 aliphatic rings. The first-order chi connectivity index (χ1) is 14.9. The van der Waals surface area contributed by atoms with Gasteiger partial charge in [0.25, 0.3) is 5.91 Å². The summed E-state index contributed by atoms with van der Waals surface area (Å²) in [4.78, 5) is 41.2. The molecule has 4 amide bonds. The van der Waals surface area contributed by atoms with Gasteiger partial charge in [-0.3, -0.25) is 14.5 Å². The van der Waals surface area contributed by atoms with Gasteiger partial charge in [-0.1, -0.05) is 30.3 Å². The summed E-state index contributed by atoms with van der Waals surface area (Å²) in [6.07, 6.45) is 3.21. The van der Waals surface area contributed by atoms with Crippen LogP contribution in [0.25, 0.3) is 0 Å². The van der Waals surface area contributed by atoms with E-state index in [9.17, 15) is 18.8 Å². The van der Waals surface area contributed by atoms with E-state index in [1.54, 1.807) is 37.3 Å².